The lowest BCUT2D eigenvalue weighted by Crippen LogP contribution is -2.37. The maximum Gasteiger partial charge on any atom is 0.401 e. The first-order valence-corrected chi connectivity index (χ1v) is 5.02. The summed E-state index contributed by atoms with van der Waals surface area (Å²) in [5.74, 6) is 0. The summed E-state index contributed by atoms with van der Waals surface area (Å²) in [7, 11) is 0. The summed E-state index contributed by atoms with van der Waals surface area (Å²) >= 11 is 3.14. The molecular formula is C7H11BrF3N. The fraction of sp³-hybridized carbons (Fsp3) is 1.00. The van der Waals surface area contributed by atoms with Crippen molar-refractivity contribution in [1.29, 1.82) is 0 Å². The SMILES string of the molecule is FC(F)(F)CN(CCBr)C1CC1. The fourth-order valence-electron chi connectivity index (χ4n) is 1.17. The van der Waals surface area contributed by atoms with Crippen molar-refractivity contribution >= 4 is 15.9 Å². The van der Waals surface area contributed by atoms with E-state index in [2.05, 4.69) is 15.9 Å². The van der Waals surface area contributed by atoms with Crippen LogP contribution in [0.3, 0.4) is 0 Å². The molecule has 1 aliphatic rings. The molecule has 0 radical (unpaired) electrons. The van der Waals surface area contributed by atoms with Crippen molar-refractivity contribution in [1.82, 2.24) is 4.90 Å². The molecule has 0 aromatic rings. The van der Waals surface area contributed by atoms with Crippen molar-refractivity contribution in [3.63, 3.8) is 0 Å². The van der Waals surface area contributed by atoms with E-state index in [0.717, 1.165) is 12.8 Å². The summed E-state index contributed by atoms with van der Waals surface area (Å²) in [5.41, 5.74) is 0. The highest BCUT2D eigenvalue weighted by molar-refractivity contribution is 9.09. The Morgan fingerprint density at radius 3 is 2.25 bits per heavy atom. The molecule has 0 aromatic heterocycles. The normalized spacial score (nSPS) is 18.8. The molecule has 0 N–H and O–H groups in total. The molecule has 0 aliphatic heterocycles. The summed E-state index contributed by atoms with van der Waals surface area (Å²) in [5, 5.41) is 0.611. The zero-order chi connectivity index (χ0) is 9.19. The molecule has 1 saturated carbocycles. The molecule has 1 fully saturated rings. The predicted molar refractivity (Wildman–Crippen MR) is 44.4 cm³/mol. The smallest absolute Gasteiger partial charge is 0.291 e. The van der Waals surface area contributed by atoms with E-state index < -0.39 is 12.7 Å². The van der Waals surface area contributed by atoms with Crippen LogP contribution in [0.2, 0.25) is 0 Å². The highest BCUT2D eigenvalue weighted by Crippen LogP contribution is 2.29. The van der Waals surface area contributed by atoms with Gasteiger partial charge in [0.1, 0.15) is 0 Å². The zero-order valence-corrected chi connectivity index (χ0v) is 8.16. The van der Waals surface area contributed by atoms with E-state index in [1.807, 2.05) is 0 Å². The summed E-state index contributed by atoms with van der Waals surface area (Å²) in [6.07, 6.45) is -2.21. The minimum Gasteiger partial charge on any atom is -0.291 e. The standard InChI is InChI=1S/C7H11BrF3N/c8-3-4-12(6-1-2-6)5-7(9,10)11/h6H,1-5H2. The Bertz CT molecular complexity index is 144. The van der Waals surface area contributed by atoms with Crippen LogP contribution in [0.25, 0.3) is 0 Å². The summed E-state index contributed by atoms with van der Waals surface area (Å²) in [6.45, 7) is -0.270. The lowest BCUT2D eigenvalue weighted by molar-refractivity contribution is -0.146. The molecule has 0 saturated heterocycles. The van der Waals surface area contributed by atoms with Gasteiger partial charge in [-0.2, -0.15) is 13.2 Å². The van der Waals surface area contributed by atoms with E-state index in [0.29, 0.717) is 11.9 Å². The second-order valence-corrected chi connectivity index (χ2v) is 3.80. The molecule has 0 bridgehead atoms. The van der Waals surface area contributed by atoms with Gasteiger partial charge in [-0.1, -0.05) is 15.9 Å². The third kappa shape index (κ3) is 3.76. The number of nitrogens with zero attached hydrogens (tertiary/aromatic N) is 1. The minimum atomic E-state index is -4.05. The Balaban J connectivity index is 2.32. The van der Waals surface area contributed by atoms with Gasteiger partial charge in [0.2, 0.25) is 0 Å². The molecule has 0 heterocycles. The average molecular weight is 246 g/mol. The van der Waals surface area contributed by atoms with Crippen LogP contribution in [-0.4, -0.2) is 35.5 Å². The zero-order valence-electron chi connectivity index (χ0n) is 6.57. The van der Waals surface area contributed by atoms with Gasteiger partial charge in [0.25, 0.3) is 0 Å². The van der Waals surface area contributed by atoms with Crippen molar-refractivity contribution in [3.05, 3.63) is 0 Å². The first-order valence-electron chi connectivity index (χ1n) is 3.89. The second-order valence-electron chi connectivity index (χ2n) is 3.01. The number of halogens is 4. The molecule has 0 atom stereocenters. The van der Waals surface area contributed by atoms with Gasteiger partial charge >= 0.3 is 6.18 Å². The van der Waals surface area contributed by atoms with Gasteiger partial charge in [0, 0.05) is 17.9 Å². The molecule has 12 heavy (non-hydrogen) atoms. The Morgan fingerprint density at radius 1 is 1.33 bits per heavy atom. The van der Waals surface area contributed by atoms with E-state index in [-0.39, 0.29) is 6.04 Å². The molecule has 1 rings (SSSR count). The number of hydrogen-bond donors (Lipinski definition) is 0. The van der Waals surface area contributed by atoms with Crippen LogP contribution >= 0.6 is 15.9 Å². The second kappa shape index (κ2) is 3.96. The third-order valence-electron chi connectivity index (χ3n) is 1.82. The first-order chi connectivity index (χ1) is 5.53. The van der Waals surface area contributed by atoms with Crippen LogP contribution in [0.1, 0.15) is 12.8 Å². The predicted octanol–water partition coefficient (Wildman–Crippen LogP) is 2.41. The maximum absolute atomic E-state index is 12.0. The highest BCUT2D eigenvalue weighted by Gasteiger charge is 2.37. The van der Waals surface area contributed by atoms with Gasteiger partial charge in [0.15, 0.2) is 0 Å². The molecule has 5 heteroatoms. The van der Waals surface area contributed by atoms with E-state index in [4.69, 9.17) is 0 Å². The summed E-state index contributed by atoms with van der Waals surface area (Å²) in [4.78, 5) is 1.49. The lowest BCUT2D eigenvalue weighted by Gasteiger charge is -2.21. The van der Waals surface area contributed by atoms with Gasteiger partial charge < -0.3 is 0 Å². The molecular weight excluding hydrogens is 235 g/mol. The van der Waals surface area contributed by atoms with Crippen LogP contribution in [-0.2, 0) is 0 Å². The Hall–Kier alpha value is 0.230. The monoisotopic (exact) mass is 245 g/mol. The number of rotatable bonds is 4. The van der Waals surface area contributed by atoms with Gasteiger partial charge in [-0.05, 0) is 12.8 Å². The lowest BCUT2D eigenvalue weighted by atomic mass is 10.4. The van der Waals surface area contributed by atoms with E-state index in [1.54, 1.807) is 0 Å². The van der Waals surface area contributed by atoms with Crippen LogP contribution in [0.15, 0.2) is 0 Å². The van der Waals surface area contributed by atoms with Gasteiger partial charge in [-0.25, -0.2) is 0 Å². The van der Waals surface area contributed by atoms with Crippen molar-refractivity contribution in [2.75, 3.05) is 18.4 Å². The molecule has 0 amide bonds. The van der Waals surface area contributed by atoms with Crippen molar-refractivity contribution in [3.8, 4) is 0 Å². The molecule has 0 unspecified atom stereocenters. The van der Waals surface area contributed by atoms with Crippen LogP contribution in [0, 0.1) is 0 Å². The topological polar surface area (TPSA) is 3.24 Å². The Kier molecular flexibility index (Phi) is 3.40. The largest absolute Gasteiger partial charge is 0.401 e. The van der Waals surface area contributed by atoms with Gasteiger partial charge in [-0.15, -0.1) is 0 Å². The fourth-order valence-corrected chi connectivity index (χ4v) is 1.62. The molecule has 72 valence electrons. The van der Waals surface area contributed by atoms with Crippen LogP contribution in [0.5, 0.6) is 0 Å². The van der Waals surface area contributed by atoms with Crippen LogP contribution < -0.4 is 0 Å². The van der Waals surface area contributed by atoms with E-state index in [9.17, 15) is 13.2 Å². The molecule has 0 aromatic carbocycles. The van der Waals surface area contributed by atoms with Crippen molar-refractivity contribution in [2.45, 2.75) is 25.1 Å². The Labute approximate surface area is 78.0 Å². The summed E-state index contributed by atoms with van der Waals surface area (Å²) < 4.78 is 35.9. The quantitative estimate of drug-likeness (QED) is 0.688. The number of alkyl halides is 4. The minimum absolute atomic E-state index is 0.184. The summed E-state index contributed by atoms with van der Waals surface area (Å²) in [6, 6.07) is 0.184. The number of hydrogen-bond acceptors (Lipinski definition) is 1. The molecule has 1 nitrogen and oxygen atoms in total. The van der Waals surface area contributed by atoms with Crippen molar-refractivity contribution in [2.24, 2.45) is 0 Å². The third-order valence-corrected chi connectivity index (χ3v) is 2.17. The first kappa shape index (κ1) is 10.3. The van der Waals surface area contributed by atoms with Gasteiger partial charge in [-0.3, -0.25) is 4.90 Å². The molecule has 0 spiro atoms. The molecule has 1 aliphatic carbocycles. The van der Waals surface area contributed by atoms with Crippen molar-refractivity contribution < 1.29 is 13.2 Å². The Morgan fingerprint density at radius 2 is 1.92 bits per heavy atom. The van der Waals surface area contributed by atoms with E-state index in [1.165, 1.54) is 4.90 Å². The van der Waals surface area contributed by atoms with Gasteiger partial charge in [0.05, 0.1) is 6.54 Å². The average Bonchev–Trinajstić information content (AvgIpc) is 2.63. The van der Waals surface area contributed by atoms with E-state index >= 15 is 0 Å². The van der Waals surface area contributed by atoms with Crippen LogP contribution in [0.4, 0.5) is 13.2 Å². The highest BCUT2D eigenvalue weighted by atomic mass is 79.9. The maximum atomic E-state index is 12.0.